The first-order valence-corrected chi connectivity index (χ1v) is 39.2. The maximum atomic E-state index is 4.17. The van der Waals surface area contributed by atoms with Crippen molar-refractivity contribution < 1.29 is 0 Å². The van der Waals surface area contributed by atoms with Crippen molar-refractivity contribution in [1.29, 1.82) is 0 Å². The van der Waals surface area contributed by atoms with Gasteiger partial charge in [0.15, 0.2) is 0 Å². The third-order valence-electron chi connectivity index (χ3n) is 7.68. The highest BCUT2D eigenvalue weighted by molar-refractivity contribution is 9.46. The molecule has 296 valence electrons. The molecule has 0 spiro atoms. The third-order valence-corrected chi connectivity index (χ3v) is 34.4. The van der Waals surface area contributed by atoms with Crippen molar-refractivity contribution >= 4 is 164 Å². The Labute approximate surface area is 368 Å². The molecule has 0 atom stereocenters. The van der Waals surface area contributed by atoms with E-state index in [2.05, 4.69) is 29.4 Å². The van der Waals surface area contributed by atoms with Crippen LogP contribution in [0.2, 0.25) is 0 Å². The van der Waals surface area contributed by atoms with Gasteiger partial charge in [0.2, 0.25) is 0 Å². The molecule has 0 aromatic heterocycles. The lowest BCUT2D eigenvalue weighted by Crippen LogP contribution is -1.85. The zero-order chi connectivity index (χ0) is 35.2. The van der Waals surface area contributed by atoms with E-state index in [1.54, 1.807) is 9.83 Å². The van der Waals surface area contributed by atoms with Crippen molar-refractivity contribution in [3.63, 3.8) is 0 Å². The maximum absolute atomic E-state index is 4.17. The minimum absolute atomic E-state index is 1.27. The SMILES string of the molecule is CCCCSSSSSSSCCCCSSSSSSCCCCCCCCCCCCCCCCCCCCCCCCCSSS. The van der Waals surface area contributed by atoms with Crippen LogP contribution < -0.4 is 0 Å². The maximum Gasteiger partial charge on any atom is 0.00457 e. The molecule has 0 aromatic rings. The van der Waals surface area contributed by atoms with Gasteiger partial charge in [-0.05, 0) is 130 Å². The molecule has 49 heavy (non-hydrogen) atoms. The fourth-order valence-corrected chi connectivity index (χ4v) is 32.8. The van der Waals surface area contributed by atoms with E-state index >= 15 is 0 Å². The summed E-state index contributed by atoms with van der Waals surface area (Å²) < 4.78 is 0. The molecule has 0 aliphatic heterocycles. The van der Waals surface area contributed by atoms with Crippen molar-refractivity contribution in [2.24, 2.45) is 0 Å². The minimum atomic E-state index is 1.27. The highest BCUT2D eigenvalue weighted by Gasteiger charge is 2.00. The normalized spacial score (nSPS) is 11.6. The Morgan fingerprint density at radius 2 is 0.449 bits per heavy atom. The van der Waals surface area contributed by atoms with Crippen LogP contribution in [0.1, 0.15) is 180 Å². The Kier molecular flexibility index (Phi) is 59.7. The lowest BCUT2D eigenvalue weighted by atomic mass is 10.0. The first-order chi connectivity index (χ1) is 24.4. The van der Waals surface area contributed by atoms with Crippen LogP contribution >= 0.6 is 164 Å². The summed E-state index contributed by atoms with van der Waals surface area (Å²) in [5.41, 5.74) is 0. The smallest absolute Gasteiger partial charge is 0.00457 e. The standard InChI is InChI=1S/C33H68S16/c1-2-3-29-36-41-47-49-48-44-39-33-28-27-32-38-43-46-45-42-37-31-26-24-22-20-18-16-14-12-10-8-6-4-5-7-9-11-13-15-17-19-21-23-25-30-35-40-34/h34H,2-33H2,1H3. The zero-order valence-electron chi connectivity index (χ0n) is 30.2. The molecule has 0 N–H and O–H groups in total. The van der Waals surface area contributed by atoms with Gasteiger partial charge in [0, 0.05) is 28.8 Å². The van der Waals surface area contributed by atoms with E-state index in [0.29, 0.717) is 0 Å². The Balaban J connectivity index is 3.04. The number of rotatable bonds is 46. The topological polar surface area (TPSA) is 0 Å². The molecule has 0 unspecified atom stereocenters. The molecular formula is C33H68S16. The minimum Gasteiger partial charge on any atom is -0.0997 e. The van der Waals surface area contributed by atoms with Crippen molar-refractivity contribution in [2.45, 2.75) is 180 Å². The lowest BCUT2D eigenvalue weighted by Gasteiger charge is -2.04. The summed E-state index contributed by atoms with van der Waals surface area (Å²) in [7, 11) is 29.0. The first kappa shape index (κ1) is 54.6. The van der Waals surface area contributed by atoms with Crippen LogP contribution in [-0.2, 0) is 0 Å². The van der Waals surface area contributed by atoms with Gasteiger partial charge in [-0.3, -0.25) is 0 Å². The van der Waals surface area contributed by atoms with E-state index in [-0.39, 0.29) is 0 Å². The molecule has 0 fully saturated rings. The van der Waals surface area contributed by atoms with Gasteiger partial charge < -0.3 is 0 Å². The second kappa shape index (κ2) is 53.6. The van der Waals surface area contributed by atoms with Gasteiger partial charge in [-0.15, -0.1) is 0 Å². The third kappa shape index (κ3) is 53.6. The predicted molar refractivity (Wildman–Crippen MR) is 278 cm³/mol. The van der Waals surface area contributed by atoms with E-state index in [1.807, 2.05) is 132 Å². The van der Waals surface area contributed by atoms with Crippen LogP contribution in [0.25, 0.3) is 0 Å². The van der Waals surface area contributed by atoms with E-state index < -0.39 is 0 Å². The second-order valence-corrected chi connectivity index (χ2v) is 36.6. The zero-order valence-corrected chi connectivity index (χ0v) is 43.3. The van der Waals surface area contributed by atoms with Crippen LogP contribution in [0.5, 0.6) is 0 Å². The molecule has 0 aromatic carbocycles. The average Bonchev–Trinajstić information content (AvgIpc) is 3.11. The molecule has 0 aliphatic carbocycles. The van der Waals surface area contributed by atoms with Gasteiger partial charge >= 0.3 is 0 Å². The summed E-state index contributed by atoms with van der Waals surface area (Å²) in [5.74, 6) is 6.42. The van der Waals surface area contributed by atoms with Gasteiger partial charge in [0.1, 0.15) is 0 Å². The Morgan fingerprint density at radius 3 is 0.714 bits per heavy atom. The molecule has 0 heterocycles. The summed E-state index contributed by atoms with van der Waals surface area (Å²) in [6, 6.07) is 0. The molecule has 0 aliphatic rings. The van der Waals surface area contributed by atoms with E-state index in [0.717, 1.165) is 0 Å². The Bertz CT molecular complexity index is 521. The summed E-state index contributed by atoms with van der Waals surface area (Å²) in [6.45, 7) is 2.26. The van der Waals surface area contributed by atoms with Crippen LogP contribution in [0.3, 0.4) is 0 Å². The van der Waals surface area contributed by atoms with Crippen LogP contribution in [0.4, 0.5) is 0 Å². The summed E-state index contributed by atoms with van der Waals surface area (Å²) in [6.07, 6.45) is 38.8. The van der Waals surface area contributed by atoms with Crippen molar-refractivity contribution in [3.05, 3.63) is 0 Å². The molecular weight excluding hydrogens is 909 g/mol. The van der Waals surface area contributed by atoms with Crippen molar-refractivity contribution in [2.75, 3.05) is 28.8 Å². The Morgan fingerprint density at radius 1 is 0.245 bits per heavy atom. The predicted octanol–water partition coefficient (Wildman–Crippen LogP) is 21.4. The lowest BCUT2D eigenvalue weighted by molar-refractivity contribution is 0.519. The van der Waals surface area contributed by atoms with Gasteiger partial charge in [0.05, 0.1) is 0 Å². The summed E-state index contributed by atoms with van der Waals surface area (Å²) in [4.78, 5) is 0. The number of hydrogen-bond donors (Lipinski definition) is 1. The molecule has 0 amide bonds. The van der Waals surface area contributed by atoms with Gasteiger partial charge in [-0.1, -0.05) is 214 Å². The molecule has 0 nitrogen and oxygen atoms in total. The van der Waals surface area contributed by atoms with Gasteiger partial charge in [0.25, 0.3) is 0 Å². The first-order valence-electron chi connectivity index (χ1n) is 18.8. The fraction of sp³-hybridized carbons (Fsp3) is 1.00. The van der Waals surface area contributed by atoms with Crippen LogP contribution in [0.15, 0.2) is 0 Å². The van der Waals surface area contributed by atoms with Crippen molar-refractivity contribution in [1.82, 2.24) is 0 Å². The monoisotopic (exact) mass is 976 g/mol. The molecule has 0 rings (SSSR count). The Hall–Kier alpha value is 5.60. The number of hydrogen-bond acceptors (Lipinski definition) is 16. The molecule has 0 saturated carbocycles. The highest BCUT2D eigenvalue weighted by Crippen LogP contribution is 2.55. The fourth-order valence-electron chi connectivity index (χ4n) is 4.87. The second-order valence-electron chi connectivity index (χ2n) is 12.0. The average molecular weight is 978 g/mol. The summed E-state index contributed by atoms with van der Waals surface area (Å²) >= 11 is 4.17. The number of unbranched alkanes of at least 4 members (excludes halogenated alkanes) is 24. The van der Waals surface area contributed by atoms with E-state index in [4.69, 9.17) is 0 Å². The quantitative estimate of drug-likeness (QED) is 0.0349. The largest absolute Gasteiger partial charge is 0.0997 e. The number of thiol groups is 1. The van der Waals surface area contributed by atoms with Crippen molar-refractivity contribution in [3.8, 4) is 0 Å². The molecule has 16 heteroatoms. The van der Waals surface area contributed by atoms with E-state index in [1.165, 1.54) is 202 Å². The van der Waals surface area contributed by atoms with Crippen LogP contribution in [-0.4, -0.2) is 28.8 Å². The van der Waals surface area contributed by atoms with Crippen LogP contribution in [0, 0.1) is 0 Å². The molecule has 0 bridgehead atoms. The molecule has 0 saturated heterocycles. The highest BCUT2D eigenvalue weighted by atomic mass is 33.9. The summed E-state index contributed by atoms with van der Waals surface area (Å²) in [5, 5.41) is 0. The van der Waals surface area contributed by atoms with Gasteiger partial charge in [-0.2, -0.15) is 0 Å². The van der Waals surface area contributed by atoms with E-state index in [9.17, 15) is 0 Å². The van der Waals surface area contributed by atoms with Gasteiger partial charge in [-0.25, -0.2) is 0 Å². The molecule has 0 radical (unpaired) electrons.